The van der Waals surface area contributed by atoms with Crippen LogP contribution in [0.2, 0.25) is 0 Å². The average Bonchev–Trinajstić information content (AvgIpc) is 2.36. The van der Waals surface area contributed by atoms with Gasteiger partial charge in [0.2, 0.25) is 5.91 Å². The minimum atomic E-state index is -1.04. The van der Waals surface area contributed by atoms with Crippen LogP contribution in [-0.4, -0.2) is 23.0 Å². The fraction of sp³-hybridized carbons (Fsp3) is 0.385. The van der Waals surface area contributed by atoms with Gasteiger partial charge in [0, 0.05) is 14.2 Å². The average molecular weight is 236 g/mol. The third kappa shape index (κ3) is 4.68. The second-order valence-electron chi connectivity index (χ2n) is 3.75. The number of carboxylic acid groups (broad SMARTS) is 1. The largest absolute Gasteiger partial charge is 0.480 e. The zero-order valence-corrected chi connectivity index (χ0v) is 9.56. The number of carbonyl (C=O) groups excluding carboxylic acids is 1. The number of nitrogens with one attached hydrogen (secondary N) is 1. The highest BCUT2D eigenvalue weighted by Crippen LogP contribution is 2.04. The number of rotatable bonds is 6. The maximum Gasteiger partial charge on any atom is 0.326 e. The molecule has 0 saturated carbocycles. The van der Waals surface area contributed by atoms with Gasteiger partial charge in [-0.05, 0) is 12.0 Å². The van der Waals surface area contributed by atoms with Gasteiger partial charge in [-0.2, -0.15) is 0 Å². The second-order valence-corrected chi connectivity index (χ2v) is 3.75. The minimum absolute atomic E-state index is 0.170. The molecule has 0 aliphatic heterocycles. The van der Waals surface area contributed by atoms with Crippen molar-refractivity contribution in [1.29, 1.82) is 0 Å². The Kier molecular flexibility index (Phi) is 4.57. The smallest absolute Gasteiger partial charge is 0.326 e. The normalized spacial score (nSPS) is 12.6. The molecule has 1 atom stereocenters. The topological polar surface area (TPSA) is 66.4 Å². The van der Waals surface area contributed by atoms with Crippen LogP contribution in [0.5, 0.6) is 0 Å². The van der Waals surface area contributed by atoms with Crippen molar-refractivity contribution in [2.45, 2.75) is 32.2 Å². The van der Waals surface area contributed by atoms with E-state index in [-0.39, 0.29) is 25.6 Å². The summed E-state index contributed by atoms with van der Waals surface area (Å²) in [7, 11) is 0. The van der Waals surface area contributed by atoms with Crippen LogP contribution in [0, 0.1) is 0 Å². The molecule has 4 nitrogen and oxygen atoms in total. The number of benzene rings is 1. The van der Waals surface area contributed by atoms with Crippen LogP contribution >= 0.6 is 0 Å². The molecule has 0 unspecified atom stereocenters. The molecule has 1 aromatic rings. The van der Waals surface area contributed by atoms with Gasteiger partial charge in [-0.1, -0.05) is 37.2 Å². The van der Waals surface area contributed by atoms with Crippen LogP contribution in [-0.2, 0) is 16.0 Å². The van der Waals surface area contributed by atoms with Crippen molar-refractivity contribution in [2.75, 3.05) is 0 Å². The molecule has 92 valence electrons. The van der Waals surface area contributed by atoms with E-state index in [1.807, 2.05) is 30.3 Å². The van der Waals surface area contributed by atoms with Crippen LogP contribution in [0.15, 0.2) is 30.3 Å². The summed E-state index contributed by atoms with van der Waals surface area (Å²) in [6.45, 7) is 0.170. The highest BCUT2D eigenvalue weighted by Gasteiger charge is 2.19. The van der Waals surface area contributed by atoms with Crippen molar-refractivity contribution < 1.29 is 16.1 Å². The second kappa shape index (κ2) is 6.68. The summed E-state index contributed by atoms with van der Waals surface area (Å²) < 4.78 is 6.95. The molecule has 0 fully saturated rings. The van der Waals surface area contributed by atoms with Gasteiger partial charge in [0.15, 0.2) is 0 Å². The highest BCUT2D eigenvalue weighted by atomic mass is 16.4. The molecule has 0 aromatic heterocycles. The molecule has 0 bridgehead atoms. The number of carboxylic acids is 1. The lowest BCUT2D eigenvalue weighted by atomic mass is 10.1. The van der Waals surface area contributed by atoms with Crippen molar-refractivity contribution in [2.24, 2.45) is 0 Å². The molecular weight excluding hydrogens is 218 g/mol. The predicted molar refractivity (Wildman–Crippen MR) is 64.6 cm³/mol. The molecular formula is C13H17NO3. The molecule has 1 aromatic carbocycles. The molecule has 17 heavy (non-hydrogen) atoms. The summed E-state index contributed by atoms with van der Waals surface area (Å²) in [5.41, 5.74) is 0.866. The zero-order chi connectivity index (χ0) is 13.4. The minimum Gasteiger partial charge on any atom is -0.480 e. The van der Waals surface area contributed by atoms with E-state index in [1.165, 1.54) is 0 Å². The highest BCUT2D eigenvalue weighted by molar-refractivity contribution is 5.83. The summed E-state index contributed by atoms with van der Waals surface area (Å²) in [6, 6.07) is 8.25. The van der Waals surface area contributed by atoms with Crippen molar-refractivity contribution >= 4 is 11.9 Å². The van der Waals surface area contributed by atoms with E-state index in [4.69, 9.17) is 6.48 Å². The molecule has 0 heterocycles. The van der Waals surface area contributed by atoms with Crippen LogP contribution in [0.3, 0.4) is 0 Å². The molecule has 1 amide bonds. The Morgan fingerprint density at radius 1 is 1.41 bits per heavy atom. The number of hydrogen-bond acceptors (Lipinski definition) is 2. The summed E-state index contributed by atoms with van der Waals surface area (Å²) in [6.07, 6.45) is 0.911. The van der Waals surface area contributed by atoms with Gasteiger partial charge in [0.05, 0.1) is 0 Å². The summed E-state index contributed by atoms with van der Waals surface area (Å²) in [5.74, 6) is -1.36. The fourth-order valence-electron chi connectivity index (χ4n) is 1.48. The lowest BCUT2D eigenvalue weighted by Gasteiger charge is -2.14. The maximum atomic E-state index is 11.4. The summed E-state index contributed by atoms with van der Waals surface area (Å²) in [5, 5.41) is 11.5. The van der Waals surface area contributed by atoms with Crippen LogP contribution in [0.1, 0.15) is 26.7 Å². The predicted octanol–water partition coefficient (Wildman–Crippen LogP) is 1.60. The van der Waals surface area contributed by atoms with Crippen molar-refractivity contribution in [1.82, 2.24) is 5.32 Å². The van der Waals surface area contributed by atoms with E-state index in [1.54, 1.807) is 0 Å². The van der Waals surface area contributed by atoms with Gasteiger partial charge in [-0.25, -0.2) is 4.79 Å². The first kappa shape index (κ1) is 11.6. The monoisotopic (exact) mass is 236 g/mol. The van der Waals surface area contributed by atoms with Crippen molar-refractivity contribution in [3.8, 4) is 0 Å². The number of hydrogen-bond donors (Lipinski definition) is 2. The van der Waals surface area contributed by atoms with E-state index in [0.29, 0.717) is 6.42 Å². The van der Waals surface area contributed by atoms with E-state index < -0.39 is 12.0 Å². The Morgan fingerprint density at radius 3 is 2.71 bits per heavy atom. The molecule has 0 radical (unpaired) electrons. The first-order valence-corrected chi connectivity index (χ1v) is 5.49. The van der Waals surface area contributed by atoms with Crippen molar-refractivity contribution in [3.05, 3.63) is 35.9 Å². The lowest BCUT2D eigenvalue weighted by Crippen LogP contribution is -2.42. The molecule has 0 aliphatic rings. The van der Waals surface area contributed by atoms with E-state index in [9.17, 15) is 9.59 Å². The Hall–Kier alpha value is -1.84. The fourth-order valence-corrected chi connectivity index (χ4v) is 1.48. The van der Waals surface area contributed by atoms with Gasteiger partial charge in [0.1, 0.15) is 6.04 Å². The van der Waals surface area contributed by atoms with Gasteiger partial charge in [-0.15, -0.1) is 0 Å². The Balaban J connectivity index is 2.55. The van der Waals surface area contributed by atoms with Gasteiger partial charge < -0.3 is 10.4 Å². The Labute approximate surface area is 102 Å². The molecule has 4 heteroatoms. The third-order valence-electron chi connectivity index (χ3n) is 2.32. The first-order valence-electron chi connectivity index (χ1n) is 6.19. The SMILES string of the molecule is [2H]CCCC(=O)N[C@@H](Cc1ccccc1)C(=O)O. The number of carbonyl (C=O) groups is 2. The Morgan fingerprint density at radius 2 is 2.12 bits per heavy atom. The van der Waals surface area contributed by atoms with Gasteiger partial charge in [0.25, 0.3) is 0 Å². The number of aliphatic carboxylic acids is 1. The molecule has 0 spiro atoms. The molecule has 2 N–H and O–H groups in total. The maximum absolute atomic E-state index is 11.4. The van der Waals surface area contributed by atoms with E-state index in [0.717, 1.165) is 5.56 Å². The Bertz CT molecular complexity index is 394. The van der Waals surface area contributed by atoms with E-state index >= 15 is 0 Å². The zero-order valence-electron chi connectivity index (χ0n) is 10.6. The van der Waals surface area contributed by atoms with Crippen molar-refractivity contribution in [3.63, 3.8) is 0 Å². The van der Waals surface area contributed by atoms with Crippen LogP contribution in [0.4, 0.5) is 0 Å². The molecule has 1 rings (SSSR count). The standard InChI is InChI=1S/C13H17NO3/c1-2-6-12(15)14-11(13(16)17)9-10-7-4-3-5-8-10/h3-5,7-8,11H,2,6,9H2,1H3,(H,14,15)(H,16,17)/t11-/m0/s1/i1D. The molecule has 0 saturated heterocycles. The summed E-state index contributed by atoms with van der Waals surface area (Å²) >= 11 is 0. The van der Waals surface area contributed by atoms with E-state index in [2.05, 4.69) is 5.32 Å². The van der Waals surface area contributed by atoms with Gasteiger partial charge in [-0.3, -0.25) is 4.79 Å². The van der Waals surface area contributed by atoms with Crippen LogP contribution in [0.25, 0.3) is 0 Å². The first-order chi connectivity index (χ1) is 8.63. The molecule has 0 aliphatic carbocycles. The van der Waals surface area contributed by atoms with Gasteiger partial charge >= 0.3 is 5.97 Å². The number of amides is 1. The lowest BCUT2D eigenvalue weighted by molar-refractivity contribution is -0.141. The third-order valence-corrected chi connectivity index (χ3v) is 2.32. The van der Waals surface area contributed by atoms with Crippen LogP contribution < -0.4 is 5.32 Å². The quantitative estimate of drug-likeness (QED) is 0.788. The summed E-state index contributed by atoms with van der Waals surface area (Å²) in [4.78, 5) is 22.5.